The summed E-state index contributed by atoms with van der Waals surface area (Å²) < 4.78 is -0.307. The van der Waals surface area contributed by atoms with Gasteiger partial charge in [0.2, 0.25) is 0 Å². The summed E-state index contributed by atoms with van der Waals surface area (Å²) in [5, 5.41) is 3.94. The van der Waals surface area contributed by atoms with E-state index in [-0.39, 0.29) is 28.4 Å². The minimum absolute atomic E-state index is 0.0167. The number of azide groups is 1. The van der Waals surface area contributed by atoms with Gasteiger partial charge in [0, 0.05) is 23.8 Å². The van der Waals surface area contributed by atoms with Gasteiger partial charge in [-0.05, 0) is 56.7 Å². The summed E-state index contributed by atoms with van der Waals surface area (Å²) in [6, 6.07) is 16.7. The molecule has 0 saturated carbocycles. The molecule has 0 aromatic heterocycles. The summed E-state index contributed by atoms with van der Waals surface area (Å²) in [6.07, 6.45) is 1.02. The Morgan fingerprint density at radius 1 is 1.09 bits per heavy atom. The molecule has 3 rings (SSSR count). The second kappa shape index (κ2) is 9.15. The summed E-state index contributed by atoms with van der Waals surface area (Å²) in [4.78, 5) is 29.7. The Hall–Kier alpha value is -3.15. The monoisotopic (exact) mass is 434 g/mol. The molecule has 1 saturated heterocycles. The summed E-state index contributed by atoms with van der Waals surface area (Å²) in [5.74, 6) is -0.601. The number of quaternary nitrogens is 1. The standard InChI is InChI=1S/C25H31N5O2/c1-17-11-9-10-14-21(17)20-15-22(27-29-26)24(32)30(25(3,4)5,28-18(2)31)23(16-20)19-12-7-6-8-13-19/h6-14,20,22-23H,15-16H2,1-5H3/p+1. The van der Waals surface area contributed by atoms with Crippen LogP contribution in [0.1, 0.15) is 69.2 Å². The fourth-order valence-electron chi connectivity index (χ4n) is 5.12. The van der Waals surface area contributed by atoms with Gasteiger partial charge in [-0.2, -0.15) is 5.43 Å². The molecule has 0 radical (unpaired) electrons. The molecule has 4 atom stereocenters. The van der Waals surface area contributed by atoms with Crippen molar-refractivity contribution in [2.75, 3.05) is 0 Å². The van der Waals surface area contributed by atoms with E-state index in [9.17, 15) is 15.1 Å². The summed E-state index contributed by atoms with van der Waals surface area (Å²) in [5.41, 5.74) is 14.8. The highest BCUT2D eigenvalue weighted by Crippen LogP contribution is 2.47. The van der Waals surface area contributed by atoms with Crippen molar-refractivity contribution in [2.24, 2.45) is 5.11 Å². The van der Waals surface area contributed by atoms with E-state index in [0.29, 0.717) is 12.8 Å². The van der Waals surface area contributed by atoms with Gasteiger partial charge in [-0.1, -0.05) is 59.7 Å². The lowest BCUT2D eigenvalue weighted by Crippen LogP contribution is -2.74. The molecule has 2 aromatic carbocycles. The fourth-order valence-corrected chi connectivity index (χ4v) is 5.12. The summed E-state index contributed by atoms with van der Waals surface area (Å²) in [7, 11) is 0. The number of likely N-dealkylation sites (tertiary alicyclic amines) is 1. The van der Waals surface area contributed by atoms with Crippen molar-refractivity contribution in [3.05, 3.63) is 81.7 Å². The lowest BCUT2D eigenvalue weighted by atomic mass is 9.84. The molecule has 0 spiro atoms. The van der Waals surface area contributed by atoms with Gasteiger partial charge in [-0.15, -0.1) is 4.59 Å². The zero-order chi connectivity index (χ0) is 23.5. The number of rotatable bonds is 4. The predicted molar refractivity (Wildman–Crippen MR) is 124 cm³/mol. The minimum atomic E-state index is -0.899. The number of amides is 2. The van der Waals surface area contributed by atoms with E-state index >= 15 is 0 Å². The lowest BCUT2D eigenvalue weighted by molar-refractivity contribution is -0.961. The van der Waals surface area contributed by atoms with Gasteiger partial charge in [0.05, 0.1) is 0 Å². The Labute approximate surface area is 189 Å². The topological polar surface area (TPSA) is 94.9 Å². The molecule has 1 fully saturated rings. The van der Waals surface area contributed by atoms with Gasteiger partial charge in [-0.3, -0.25) is 4.79 Å². The molecule has 4 unspecified atom stereocenters. The van der Waals surface area contributed by atoms with E-state index in [1.54, 1.807) is 0 Å². The average Bonchev–Trinajstić information content (AvgIpc) is 2.85. The van der Waals surface area contributed by atoms with Crippen LogP contribution >= 0.6 is 0 Å². The van der Waals surface area contributed by atoms with Crippen molar-refractivity contribution in [2.45, 2.75) is 71.0 Å². The predicted octanol–water partition coefficient (Wildman–Crippen LogP) is 5.49. The van der Waals surface area contributed by atoms with Crippen molar-refractivity contribution < 1.29 is 14.2 Å². The first-order chi connectivity index (χ1) is 15.1. The van der Waals surface area contributed by atoms with Crippen molar-refractivity contribution in [1.82, 2.24) is 5.43 Å². The normalized spacial score (nSPS) is 26.0. The highest BCUT2D eigenvalue weighted by molar-refractivity contribution is 5.80. The number of benzene rings is 2. The Morgan fingerprint density at radius 2 is 1.72 bits per heavy atom. The highest BCUT2D eigenvalue weighted by atomic mass is 16.2. The van der Waals surface area contributed by atoms with Crippen molar-refractivity contribution in [3.63, 3.8) is 0 Å². The van der Waals surface area contributed by atoms with Gasteiger partial charge in [0.25, 0.3) is 5.91 Å². The average molecular weight is 435 g/mol. The van der Waals surface area contributed by atoms with Crippen molar-refractivity contribution >= 4 is 11.8 Å². The van der Waals surface area contributed by atoms with E-state index in [4.69, 9.17) is 0 Å². The zero-order valence-corrected chi connectivity index (χ0v) is 19.4. The minimum Gasteiger partial charge on any atom is -0.270 e. The molecule has 1 heterocycles. The van der Waals surface area contributed by atoms with Gasteiger partial charge in [0.15, 0.2) is 6.04 Å². The van der Waals surface area contributed by atoms with Crippen LogP contribution in [-0.2, 0) is 9.59 Å². The van der Waals surface area contributed by atoms with Gasteiger partial charge in [-0.25, -0.2) is 4.79 Å². The molecular weight excluding hydrogens is 402 g/mol. The molecule has 7 heteroatoms. The smallest absolute Gasteiger partial charge is 0.270 e. The largest absolute Gasteiger partial charge is 0.347 e. The third-order valence-electron chi connectivity index (χ3n) is 6.51. The van der Waals surface area contributed by atoms with E-state index in [0.717, 1.165) is 16.7 Å². The van der Waals surface area contributed by atoms with Gasteiger partial charge < -0.3 is 0 Å². The molecule has 1 aliphatic rings. The second-order valence-corrected chi connectivity index (χ2v) is 9.57. The maximum atomic E-state index is 14.2. The number of carbonyl (C=O) groups excluding carboxylic acids is 2. The number of aryl methyl sites for hydroxylation is 1. The Morgan fingerprint density at radius 3 is 2.28 bits per heavy atom. The molecule has 1 aliphatic heterocycles. The molecule has 32 heavy (non-hydrogen) atoms. The fraction of sp³-hybridized carbons (Fsp3) is 0.440. The maximum absolute atomic E-state index is 14.2. The van der Waals surface area contributed by atoms with Crippen LogP contribution in [0.4, 0.5) is 0 Å². The zero-order valence-electron chi connectivity index (χ0n) is 19.4. The van der Waals surface area contributed by atoms with Crippen LogP contribution in [-0.4, -0.2) is 28.0 Å². The molecular formula is C25H32N5O2+. The number of carbonyl (C=O) groups is 2. The molecule has 2 amide bonds. The van der Waals surface area contributed by atoms with Crippen molar-refractivity contribution in [1.29, 1.82) is 0 Å². The Balaban J connectivity index is 2.32. The Bertz CT molecular complexity index is 1040. The van der Waals surface area contributed by atoms with Crippen LogP contribution in [0.15, 0.2) is 59.7 Å². The third-order valence-corrected chi connectivity index (χ3v) is 6.51. The quantitative estimate of drug-likeness (QED) is 0.298. The molecule has 0 bridgehead atoms. The summed E-state index contributed by atoms with van der Waals surface area (Å²) >= 11 is 0. The van der Waals surface area contributed by atoms with E-state index < -0.39 is 11.6 Å². The van der Waals surface area contributed by atoms with E-state index in [1.165, 1.54) is 6.92 Å². The van der Waals surface area contributed by atoms with E-state index in [1.807, 2.05) is 63.2 Å². The lowest BCUT2D eigenvalue weighted by Gasteiger charge is -2.49. The first-order valence-electron chi connectivity index (χ1n) is 11.0. The molecule has 0 aliphatic carbocycles. The summed E-state index contributed by atoms with van der Waals surface area (Å²) in [6.45, 7) is 9.31. The second-order valence-electron chi connectivity index (χ2n) is 9.57. The van der Waals surface area contributed by atoms with Gasteiger partial charge >= 0.3 is 5.91 Å². The van der Waals surface area contributed by atoms with Crippen LogP contribution in [0.2, 0.25) is 0 Å². The van der Waals surface area contributed by atoms with Crippen LogP contribution in [0.5, 0.6) is 0 Å². The molecule has 168 valence electrons. The van der Waals surface area contributed by atoms with Crippen molar-refractivity contribution in [3.8, 4) is 0 Å². The number of hydrogen-bond donors (Lipinski definition) is 1. The number of nitrogens with zero attached hydrogens (tertiary/aromatic N) is 4. The van der Waals surface area contributed by atoms with Crippen LogP contribution < -0.4 is 5.43 Å². The number of nitrogens with one attached hydrogen (secondary N) is 1. The van der Waals surface area contributed by atoms with Crippen LogP contribution in [0, 0.1) is 6.92 Å². The first-order valence-corrected chi connectivity index (χ1v) is 11.0. The van der Waals surface area contributed by atoms with Crippen LogP contribution in [0.25, 0.3) is 10.4 Å². The first kappa shape index (κ1) is 23.5. The molecule has 7 nitrogen and oxygen atoms in total. The maximum Gasteiger partial charge on any atom is 0.347 e. The highest BCUT2D eigenvalue weighted by Gasteiger charge is 2.59. The van der Waals surface area contributed by atoms with Crippen LogP contribution in [0.3, 0.4) is 0 Å². The molecule has 1 N–H and O–H groups in total. The third kappa shape index (κ3) is 4.27. The Kier molecular flexibility index (Phi) is 6.72. The number of hydrogen-bond acceptors (Lipinski definition) is 3. The molecule has 2 aromatic rings. The van der Waals surface area contributed by atoms with E-state index in [2.05, 4.69) is 34.5 Å². The SMILES string of the molecule is CC(=O)N[N+]1(C(C)(C)C)C(=O)C(N=[N+]=[N-])CC(c2ccccc2C)CC1c1ccccc1. The van der Waals surface area contributed by atoms with Gasteiger partial charge in [0.1, 0.15) is 11.6 Å².